The van der Waals surface area contributed by atoms with Crippen LogP contribution in [0.1, 0.15) is 17.2 Å². The third-order valence-electron chi connectivity index (χ3n) is 2.62. The Morgan fingerprint density at radius 1 is 1.11 bits per heavy atom. The molecule has 1 unspecified atom stereocenters. The second kappa shape index (κ2) is 5.70. The molecule has 0 aliphatic carbocycles. The van der Waals surface area contributed by atoms with E-state index in [2.05, 4.69) is 31.9 Å². The van der Waals surface area contributed by atoms with Crippen LogP contribution in [0.3, 0.4) is 0 Å². The molecule has 2 aromatic carbocycles. The Hall–Kier alpha value is -0.420. The summed E-state index contributed by atoms with van der Waals surface area (Å²) in [5.74, 6) is -0.337. The van der Waals surface area contributed by atoms with Crippen molar-refractivity contribution >= 4 is 43.5 Å². The summed E-state index contributed by atoms with van der Waals surface area (Å²) in [5, 5.41) is 0.598. The van der Waals surface area contributed by atoms with Gasteiger partial charge in [-0.25, -0.2) is 4.39 Å². The lowest BCUT2D eigenvalue weighted by atomic mass is 9.99. The maximum atomic E-state index is 14.0. The van der Waals surface area contributed by atoms with Crippen molar-refractivity contribution in [1.82, 2.24) is 0 Å². The van der Waals surface area contributed by atoms with Gasteiger partial charge in [-0.15, -0.1) is 0 Å². The lowest BCUT2D eigenvalue weighted by molar-refractivity contribution is 0.593. The highest BCUT2D eigenvalue weighted by Gasteiger charge is 2.16. The molecule has 5 heteroatoms. The fraction of sp³-hybridized carbons (Fsp3) is 0.0769. The van der Waals surface area contributed by atoms with Gasteiger partial charge in [0.2, 0.25) is 0 Å². The topological polar surface area (TPSA) is 26.0 Å². The van der Waals surface area contributed by atoms with Crippen LogP contribution in [0.5, 0.6) is 0 Å². The molecule has 2 aromatic rings. The summed E-state index contributed by atoms with van der Waals surface area (Å²) in [6.45, 7) is 0. The molecule has 2 rings (SSSR count). The molecule has 0 spiro atoms. The second-order valence-corrected chi connectivity index (χ2v) is 5.91. The Bertz CT molecular complexity index is 589. The predicted octanol–water partition coefficient (Wildman–Crippen LogP) is 5.05. The monoisotopic (exact) mass is 391 g/mol. The molecule has 0 saturated carbocycles. The van der Waals surface area contributed by atoms with Gasteiger partial charge >= 0.3 is 0 Å². The lowest BCUT2D eigenvalue weighted by Gasteiger charge is -2.15. The van der Waals surface area contributed by atoms with E-state index in [0.717, 1.165) is 10.0 Å². The molecule has 94 valence electrons. The van der Waals surface area contributed by atoms with Gasteiger partial charge in [-0.05, 0) is 55.6 Å². The molecule has 0 aliphatic heterocycles. The van der Waals surface area contributed by atoms with Crippen molar-refractivity contribution < 1.29 is 4.39 Å². The van der Waals surface area contributed by atoms with Gasteiger partial charge < -0.3 is 5.73 Å². The number of halogens is 4. The van der Waals surface area contributed by atoms with Crippen LogP contribution in [0.4, 0.5) is 4.39 Å². The number of benzene rings is 2. The minimum Gasteiger partial charge on any atom is -0.320 e. The largest absolute Gasteiger partial charge is 0.320 e. The van der Waals surface area contributed by atoms with Crippen LogP contribution in [0.2, 0.25) is 5.02 Å². The van der Waals surface area contributed by atoms with E-state index in [1.807, 2.05) is 0 Å². The SMILES string of the molecule is NC(c1ccc(Cl)c(Br)c1)c1cccc(Br)c1F. The molecule has 0 aromatic heterocycles. The van der Waals surface area contributed by atoms with E-state index in [9.17, 15) is 4.39 Å². The van der Waals surface area contributed by atoms with Gasteiger partial charge in [0.05, 0.1) is 15.5 Å². The first-order chi connectivity index (χ1) is 8.50. The van der Waals surface area contributed by atoms with Gasteiger partial charge in [0.1, 0.15) is 5.82 Å². The van der Waals surface area contributed by atoms with Crippen molar-refractivity contribution in [2.75, 3.05) is 0 Å². The minimum atomic E-state index is -0.531. The number of hydrogen-bond acceptors (Lipinski definition) is 1. The number of hydrogen-bond donors (Lipinski definition) is 1. The maximum absolute atomic E-state index is 14.0. The Kier molecular flexibility index (Phi) is 4.43. The highest BCUT2D eigenvalue weighted by Crippen LogP contribution is 2.30. The molecule has 0 saturated heterocycles. The third kappa shape index (κ3) is 2.77. The first-order valence-electron chi connectivity index (χ1n) is 5.15. The van der Waals surface area contributed by atoms with Crippen LogP contribution in [-0.2, 0) is 0 Å². The van der Waals surface area contributed by atoms with Crippen LogP contribution in [0.15, 0.2) is 45.3 Å². The predicted molar refractivity (Wildman–Crippen MR) is 79.3 cm³/mol. The smallest absolute Gasteiger partial charge is 0.142 e. The molecule has 0 amide bonds. The summed E-state index contributed by atoms with van der Waals surface area (Å²) < 4.78 is 15.1. The highest BCUT2D eigenvalue weighted by atomic mass is 79.9. The van der Waals surface area contributed by atoms with E-state index in [1.54, 1.807) is 36.4 Å². The van der Waals surface area contributed by atoms with E-state index < -0.39 is 6.04 Å². The summed E-state index contributed by atoms with van der Waals surface area (Å²) in [6, 6.07) is 9.86. The normalized spacial score (nSPS) is 12.5. The molecule has 0 heterocycles. The van der Waals surface area contributed by atoms with E-state index in [4.69, 9.17) is 17.3 Å². The summed E-state index contributed by atoms with van der Waals surface area (Å²) >= 11 is 12.4. The fourth-order valence-electron chi connectivity index (χ4n) is 1.65. The van der Waals surface area contributed by atoms with Crippen LogP contribution >= 0.6 is 43.5 Å². The van der Waals surface area contributed by atoms with Crippen molar-refractivity contribution in [2.24, 2.45) is 5.73 Å². The van der Waals surface area contributed by atoms with E-state index in [1.165, 1.54) is 0 Å². The first kappa shape index (κ1) is 14.0. The van der Waals surface area contributed by atoms with Crippen molar-refractivity contribution in [3.63, 3.8) is 0 Å². The molecular formula is C13H9Br2ClFN. The van der Waals surface area contributed by atoms with Gasteiger partial charge in [0.25, 0.3) is 0 Å². The highest BCUT2D eigenvalue weighted by molar-refractivity contribution is 9.10. The zero-order valence-electron chi connectivity index (χ0n) is 9.13. The lowest BCUT2D eigenvalue weighted by Crippen LogP contribution is -2.13. The summed E-state index contributed by atoms with van der Waals surface area (Å²) in [5.41, 5.74) is 7.32. The first-order valence-corrected chi connectivity index (χ1v) is 7.11. The van der Waals surface area contributed by atoms with Crippen molar-refractivity contribution in [2.45, 2.75) is 6.04 Å². The quantitative estimate of drug-likeness (QED) is 0.759. The van der Waals surface area contributed by atoms with Gasteiger partial charge in [-0.2, -0.15) is 0 Å². The van der Waals surface area contributed by atoms with Crippen molar-refractivity contribution in [3.05, 3.63) is 67.3 Å². The summed E-state index contributed by atoms with van der Waals surface area (Å²) in [6.07, 6.45) is 0. The van der Waals surface area contributed by atoms with Crippen LogP contribution in [0.25, 0.3) is 0 Å². The molecule has 0 radical (unpaired) electrons. The fourth-order valence-corrected chi connectivity index (χ4v) is 2.54. The average Bonchev–Trinajstić information content (AvgIpc) is 2.35. The zero-order valence-corrected chi connectivity index (χ0v) is 13.1. The van der Waals surface area contributed by atoms with Crippen LogP contribution in [0, 0.1) is 5.82 Å². The van der Waals surface area contributed by atoms with Crippen molar-refractivity contribution in [1.29, 1.82) is 0 Å². The van der Waals surface area contributed by atoms with Crippen molar-refractivity contribution in [3.8, 4) is 0 Å². The molecular weight excluding hydrogens is 384 g/mol. The van der Waals surface area contributed by atoms with Crippen LogP contribution < -0.4 is 5.73 Å². The average molecular weight is 393 g/mol. The van der Waals surface area contributed by atoms with E-state index >= 15 is 0 Å². The summed E-state index contributed by atoms with van der Waals surface area (Å²) in [4.78, 5) is 0. The molecule has 18 heavy (non-hydrogen) atoms. The van der Waals surface area contributed by atoms with Gasteiger partial charge in [0.15, 0.2) is 0 Å². The molecule has 0 aliphatic rings. The van der Waals surface area contributed by atoms with Gasteiger partial charge in [-0.1, -0.05) is 29.8 Å². The molecule has 1 atom stereocenters. The zero-order chi connectivity index (χ0) is 13.3. The Balaban J connectivity index is 2.44. The number of rotatable bonds is 2. The van der Waals surface area contributed by atoms with E-state index in [-0.39, 0.29) is 5.82 Å². The molecule has 2 N–H and O–H groups in total. The molecule has 1 nitrogen and oxygen atoms in total. The van der Waals surface area contributed by atoms with Gasteiger partial charge in [0, 0.05) is 10.0 Å². The Labute approximate surface area is 126 Å². The maximum Gasteiger partial charge on any atom is 0.142 e. The Morgan fingerprint density at radius 2 is 1.83 bits per heavy atom. The third-order valence-corrected chi connectivity index (χ3v) is 4.45. The second-order valence-electron chi connectivity index (χ2n) is 3.79. The van der Waals surface area contributed by atoms with Crippen LogP contribution in [-0.4, -0.2) is 0 Å². The number of nitrogens with two attached hydrogens (primary N) is 1. The molecule has 0 bridgehead atoms. The summed E-state index contributed by atoms with van der Waals surface area (Å²) in [7, 11) is 0. The Morgan fingerprint density at radius 3 is 2.50 bits per heavy atom. The molecule has 0 fully saturated rings. The van der Waals surface area contributed by atoms with Gasteiger partial charge in [-0.3, -0.25) is 0 Å². The standard InChI is InChI=1S/C13H9Br2ClFN/c14-9-3-1-2-8(12(9)17)13(18)7-4-5-11(16)10(15)6-7/h1-6,13H,18H2. The van der Waals surface area contributed by atoms with E-state index in [0.29, 0.717) is 15.1 Å². The minimum absolute atomic E-state index is 0.337.